The van der Waals surface area contributed by atoms with Crippen LogP contribution < -0.4 is 16.0 Å². The zero-order valence-corrected chi connectivity index (χ0v) is 16.8. The first-order valence-electron chi connectivity index (χ1n) is 10.0. The predicted octanol–water partition coefficient (Wildman–Crippen LogP) is 1.82. The van der Waals surface area contributed by atoms with E-state index in [1.807, 2.05) is 12.1 Å². The molecule has 0 aromatic carbocycles. The molecule has 3 heterocycles. The van der Waals surface area contributed by atoms with E-state index in [1.54, 1.807) is 6.20 Å². The zero-order chi connectivity index (χ0) is 19.5. The van der Waals surface area contributed by atoms with Crippen molar-refractivity contribution >= 4 is 39.1 Å². The van der Waals surface area contributed by atoms with Crippen molar-refractivity contribution in [3.8, 4) is 0 Å². The molecule has 3 N–H and O–H groups in total. The summed E-state index contributed by atoms with van der Waals surface area (Å²) in [5, 5.41) is 4.12. The smallest absolute Gasteiger partial charge is 0.258 e. The van der Waals surface area contributed by atoms with E-state index in [-0.39, 0.29) is 11.8 Å². The third-order valence-electron chi connectivity index (χ3n) is 5.78. The van der Waals surface area contributed by atoms with Crippen LogP contribution in [-0.2, 0) is 4.79 Å². The molecular formula is C20H27N5O2S. The quantitative estimate of drug-likeness (QED) is 0.770. The molecule has 2 amide bonds. The van der Waals surface area contributed by atoms with Crippen molar-refractivity contribution in [3.05, 3.63) is 23.2 Å². The summed E-state index contributed by atoms with van der Waals surface area (Å²) in [6.07, 6.45) is 6.25. The molecule has 0 radical (unpaired) electrons. The number of hydrogen-bond donors (Lipinski definition) is 2. The molecule has 7 nitrogen and oxygen atoms in total. The number of thiophene rings is 1. The Morgan fingerprint density at radius 2 is 1.96 bits per heavy atom. The van der Waals surface area contributed by atoms with E-state index in [1.165, 1.54) is 24.2 Å². The number of anilines is 1. The Labute approximate surface area is 168 Å². The SMILES string of the molecule is NC(=O)c1cc2ccnc(N3CCN(CCNC(=O)C4CCCC4)CC3)c2s1. The van der Waals surface area contributed by atoms with E-state index in [0.717, 1.165) is 68.0 Å². The molecule has 2 aliphatic rings. The summed E-state index contributed by atoms with van der Waals surface area (Å²) in [6.45, 7) is 5.24. The highest BCUT2D eigenvalue weighted by atomic mass is 32.1. The van der Waals surface area contributed by atoms with Gasteiger partial charge in [-0.2, -0.15) is 0 Å². The monoisotopic (exact) mass is 401 g/mol. The van der Waals surface area contributed by atoms with Crippen LogP contribution in [0.1, 0.15) is 35.4 Å². The normalized spacial score (nSPS) is 18.6. The van der Waals surface area contributed by atoms with Gasteiger partial charge in [-0.05, 0) is 30.4 Å². The number of primary amides is 1. The van der Waals surface area contributed by atoms with Crippen LogP contribution in [0.15, 0.2) is 18.3 Å². The average molecular weight is 402 g/mol. The van der Waals surface area contributed by atoms with Gasteiger partial charge in [0.2, 0.25) is 5.91 Å². The number of rotatable bonds is 6. The van der Waals surface area contributed by atoms with Gasteiger partial charge in [0.25, 0.3) is 5.91 Å². The Hall–Kier alpha value is -2.19. The van der Waals surface area contributed by atoms with Gasteiger partial charge >= 0.3 is 0 Å². The Kier molecular flexibility index (Phi) is 5.77. The standard InChI is InChI=1S/C20H27N5O2S/c21-18(26)16-13-15-5-6-22-19(17(15)28-16)25-11-9-24(10-12-25)8-7-23-20(27)14-3-1-2-4-14/h5-6,13-14H,1-4,7-12H2,(H2,21,26)(H,23,27). The molecule has 150 valence electrons. The molecule has 0 atom stereocenters. The molecule has 2 aromatic heterocycles. The van der Waals surface area contributed by atoms with Crippen molar-refractivity contribution in [3.63, 3.8) is 0 Å². The molecule has 2 fully saturated rings. The summed E-state index contributed by atoms with van der Waals surface area (Å²) in [5.41, 5.74) is 5.43. The molecule has 1 aliphatic heterocycles. The van der Waals surface area contributed by atoms with Crippen LogP contribution in [0.4, 0.5) is 5.82 Å². The van der Waals surface area contributed by atoms with Crippen LogP contribution in [0.2, 0.25) is 0 Å². The van der Waals surface area contributed by atoms with Crippen LogP contribution in [0.25, 0.3) is 10.1 Å². The molecule has 0 unspecified atom stereocenters. The summed E-state index contributed by atoms with van der Waals surface area (Å²) in [4.78, 5) is 33.4. The molecule has 0 spiro atoms. The topological polar surface area (TPSA) is 91.6 Å². The van der Waals surface area contributed by atoms with Crippen LogP contribution in [0.3, 0.4) is 0 Å². The number of pyridine rings is 1. The first-order valence-corrected chi connectivity index (χ1v) is 10.9. The minimum atomic E-state index is -0.392. The number of amides is 2. The second-order valence-electron chi connectivity index (χ2n) is 7.63. The molecule has 4 rings (SSSR count). The minimum absolute atomic E-state index is 0.231. The van der Waals surface area contributed by atoms with E-state index >= 15 is 0 Å². The van der Waals surface area contributed by atoms with Gasteiger partial charge in [0.05, 0.1) is 9.58 Å². The number of carbonyl (C=O) groups excluding carboxylic acids is 2. The van der Waals surface area contributed by atoms with Gasteiger partial charge in [-0.1, -0.05) is 12.8 Å². The van der Waals surface area contributed by atoms with Gasteiger partial charge in [-0.25, -0.2) is 4.98 Å². The number of nitrogens with two attached hydrogens (primary N) is 1. The summed E-state index contributed by atoms with van der Waals surface area (Å²) in [5.74, 6) is 1.01. The van der Waals surface area contributed by atoms with Crippen molar-refractivity contribution in [2.75, 3.05) is 44.2 Å². The van der Waals surface area contributed by atoms with Crippen LogP contribution in [0, 0.1) is 5.92 Å². The third-order valence-corrected chi connectivity index (χ3v) is 6.94. The fourth-order valence-electron chi connectivity index (χ4n) is 4.15. The molecule has 1 saturated heterocycles. The number of piperazine rings is 1. The van der Waals surface area contributed by atoms with Gasteiger partial charge in [-0.3, -0.25) is 14.5 Å². The third kappa shape index (κ3) is 4.12. The Morgan fingerprint density at radius 3 is 2.68 bits per heavy atom. The summed E-state index contributed by atoms with van der Waals surface area (Å²) >= 11 is 1.42. The van der Waals surface area contributed by atoms with Crippen molar-refractivity contribution in [1.29, 1.82) is 0 Å². The lowest BCUT2D eigenvalue weighted by Crippen LogP contribution is -2.49. The summed E-state index contributed by atoms with van der Waals surface area (Å²) in [6, 6.07) is 3.77. The maximum Gasteiger partial charge on any atom is 0.258 e. The second kappa shape index (κ2) is 8.45. The lowest BCUT2D eigenvalue weighted by Gasteiger charge is -2.35. The number of fused-ring (bicyclic) bond motifs is 1. The second-order valence-corrected chi connectivity index (χ2v) is 8.68. The molecule has 2 aromatic rings. The molecule has 1 aliphatic carbocycles. The van der Waals surface area contributed by atoms with Crippen molar-refractivity contribution < 1.29 is 9.59 Å². The molecular weight excluding hydrogens is 374 g/mol. The number of nitrogens with one attached hydrogen (secondary N) is 1. The maximum absolute atomic E-state index is 12.1. The fourth-order valence-corrected chi connectivity index (χ4v) is 5.17. The van der Waals surface area contributed by atoms with E-state index in [4.69, 9.17) is 5.73 Å². The van der Waals surface area contributed by atoms with Crippen molar-refractivity contribution in [1.82, 2.24) is 15.2 Å². The Balaban J connectivity index is 1.30. The highest BCUT2D eigenvalue weighted by molar-refractivity contribution is 7.21. The van der Waals surface area contributed by atoms with Crippen molar-refractivity contribution in [2.24, 2.45) is 11.7 Å². The van der Waals surface area contributed by atoms with Gasteiger partial charge in [0.1, 0.15) is 5.82 Å². The highest BCUT2D eigenvalue weighted by Crippen LogP contribution is 2.32. The largest absolute Gasteiger partial charge is 0.365 e. The minimum Gasteiger partial charge on any atom is -0.365 e. The number of carbonyl (C=O) groups is 2. The van der Waals surface area contributed by atoms with Crippen LogP contribution in [-0.4, -0.2) is 61.0 Å². The van der Waals surface area contributed by atoms with E-state index in [0.29, 0.717) is 4.88 Å². The van der Waals surface area contributed by atoms with Gasteiger partial charge in [-0.15, -0.1) is 11.3 Å². The lowest BCUT2D eigenvalue weighted by atomic mass is 10.1. The van der Waals surface area contributed by atoms with Crippen LogP contribution in [0.5, 0.6) is 0 Å². The first-order chi connectivity index (χ1) is 13.6. The van der Waals surface area contributed by atoms with E-state index in [9.17, 15) is 9.59 Å². The Morgan fingerprint density at radius 1 is 1.21 bits per heavy atom. The van der Waals surface area contributed by atoms with Crippen LogP contribution >= 0.6 is 11.3 Å². The summed E-state index contributed by atoms with van der Waals surface area (Å²) < 4.78 is 1.02. The van der Waals surface area contributed by atoms with E-state index in [2.05, 4.69) is 20.1 Å². The first kappa shape index (κ1) is 19.1. The summed E-state index contributed by atoms with van der Waals surface area (Å²) in [7, 11) is 0. The number of aromatic nitrogens is 1. The average Bonchev–Trinajstić information content (AvgIpc) is 3.38. The molecule has 28 heavy (non-hydrogen) atoms. The van der Waals surface area contributed by atoms with Gasteiger partial charge in [0, 0.05) is 51.4 Å². The van der Waals surface area contributed by atoms with Gasteiger partial charge < -0.3 is 16.0 Å². The Bertz CT molecular complexity index is 853. The molecule has 0 bridgehead atoms. The fraction of sp³-hybridized carbons (Fsp3) is 0.550. The number of nitrogens with zero attached hydrogens (tertiary/aromatic N) is 3. The molecule has 8 heteroatoms. The van der Waals surface area contributed by atoms with Crippen molar-refractivity contribution in [2.45, 2.75) is 25.7 Å². The zero-order valence-electron chi connectivity index (χ0n) is 16.0. The van der Waals surface area contributed by atoms with E-state index < -0.39 is 5.91 Å². The lowest BCUT2D eigenvalue weighted by molar-refractivity contribution is -0.124. The molecule has 1 saturated carbocycles. The highest BCUT2D eigenvalue weighted by Gasteiger charge is 2.23. The van der Waals surface area contributed by atoms with Gasteiger partial charge in [0.15, 0.2) is 0 Å². The maximum atomic E-state index is 12.1. The predicted molar refractivity (Wildman–Crippen MR) is 112 cm³/mol. The number of hydrogen-bond acceptors (Lipinski definition) is 6.